The van der Waals surface area contributed by atoms with E-state index >= 15 is 0 Å². The first-order chi connectivity index (χ1) is 10.9. The maximum Gasteiger partial charge on any atom is 0.198 e. The number of nitrogens with zero attached hydrogens (tertiary/aromatic N) is 1. The van der Waals surface area contributed by atoms with E-state index in [0.717, 1.165) is 24.3 Å². The highest BCUT2D eigenvalue weighted by atomic mass is 19.1. The van der Waals surface area contributed by atoms with Gasteiger partial charge in [-0.15, -0.1) is 0 Å². The zero-order valence-electron chi connectivity index (χ0n) is 12.7. The summed E-state index contributed by atoms with van der Waals surface area (Å²) in [7, 11) is 3.35. The van der Waals surface area contributed by atoms with Gasteiger partial charge < -0.3 is 4.90 Å². The van der Waals surface area contributed by atoms with Crippen molar-refractivity contribution in [2.75, 3.05) is 14.1 Å². The topological polar surface area (TPSA) is 37.4 Å². The molecule has 0 spiro atoms. The smallest absolute Gasteiger partial charge is 0.198 e. The summed E-state index contributed by atoms with van der Waals surface area (Å²) in [5.41, 5.74) is 0.332. The number of rotatable bonds is 5. The van der Waals surface area contributed by atoms with Crippen LogP contribution in [0.15, 0.2) is 60.3 Å². The fourth-order valence-electron chi connectivity index (χ4n) is 1.99. The van der Waals surface area contributed by atoms with Gasteiger partial charge in [-0.05, 0) is 48.5 Å². The van der Waals surface area contributed by atoms with Crippen molar-refractivity contribution in [3.8, 4) is 0 Å². The van der Waals surface area contributed by atoms with Crippen LogP contribution >= 0.6 is 0 Å². The molecule has 2 aromatic rings. The molecule has 23 heavy (non-hydrogen) atoms. The van der Waals surface area contributed by atoms with E-state index in [1.54, 1.807) is 19.0 Å². The van der Waals surface area contributed by atoms with Gasteiger partial charge in [-0.3, -0.25) is 9.59 Å². The maximum atomic E-state index is 13.0. The van der Waals surface area contributed by atoms with Gasteiger partial charge in [-0.2, -0.15) is 0 Å². The molecule has 0 fully saturated rings. The number of benzene rings is 2. The van der Waals surface area contributed by atoms with Crippen LogP contribution in [-0.4, -0.2) is 30.6 Å². The highest BCUT2D eigenvalue weighted by Crippen LogP contribution is 2.16. The van der Waals surface area contributed by atoms with E-state index in [1.807, 2.05) is 0 Å². The number of carbonyl (C=O) groups is 2. The van der Waals surface area contributed by atoms with Gasteiger partial charge >= 0.3 is 0 Å². The number of halogens is 2. The van der Waals surface area contributed by atoms with Crippen molar-refractivity contribution in [1.82, 2.24) is 4.90 Å². The van der Waals surface area contributed by atoms with Crippen LogP contribution < -0.4 is 0 Å². The first kappa shape index (κ1) is 16.5. The zero-order chi connectivity index (χ0) is 17.0. The van der Waals surface area contributed by atoms with Gasteiger partial charge in [-0.25, -0.2) is 8.78 Å². The number of allylic oxidation sites excluding steroid dienone is 1. The molecule has 2 aromatic carbocycles. The Balaban J connectivity index is 2.41. The summed E-state index contributed by atoms with van der Waals surface area (Å²) < 4.78 is 26.0. The third kappa shape index (κ3) is 4.10. The van der Waals surface area contributed by atoms with Crippen molar-refractivity contribution in [1.29, 1.82) is 0 Å². The lowest BCUT2D eigenvalue weighted by molar-refractivity contribution is 0.0960. The molecule has 118 valence electrons. The number of Topliss-reactive ketones (excluding diaryl/α,β-unsaturated/α-hetero) is 2. The van der Waals surface area contributed by atoms with Crippen LogP contribution in [0.25, 0.3) is 0 Å². The van der Waals surface area contributed by atoms with Crippen molar-refractivity contribution in [2.24, 2.45) is 0 Å². The number of ketones is 2. The first-order valence-electron chi connectivity index (χ1n) is 6.87. The summed E-state index contributed by atoms with van der Waals surface area (Å²) in [6, 6.07) is 9.90. The standard InChI is InChI=1S/C18H15F2NO2/c1-21(2)11-16(17(22)12-3-7-14(19)8-4-12)18(23)13-5-9-15(20)10-6-13/h3-11H,1-2H3. The van der Waals surface area contributed by atoms with E-state index < -0.39 is 23.2 Å². The third-order valence-electron chi connectivity index (χ3n) is 3.09. The molecule has 0 aromatic heterocycles. The van der Waals surface area contributed by atoms with E-state index in [9.17, 15) is 18.4 Å². The third-order valence-corrected chi connectivity index (χ3v) is 3.09. The van der Waals surface area contributed by atoms with Crippen LogP contribution in [0, 0.1) is 11.6 Å². The van der Waals surface area contributed by atoms with Crippen molar-refractivity contribution in [3.63, 3.8) is 0 Å². The average Bonchev–Trinajstić information content (AvgIpc) is 2.52. The Bertz CT molecular complexity index is 688. The van der Waals surface area contributed by atoms with Crippen LogP contribution in [0.4, 0.5) is 8.78 Å². The molecule has 0 atom stereocenters. The molecule has 3 nitrogen and oxygen atoms in total. The molecule has 0 N–H and O–H groups in total. The monoisotopic (exact) mass is 315 g/mol. The molecule has 0 aliphatic heterocycles. The molecule has 0 aliphatic carbocycles. The second kappa shape index (κ2) is 6.96. The van der Waals surface area contributed by atoms with Gasteiger partial charge in [0.05, 0.1) is 5.57 Å². The fourth-order valence-corrected chi connectivity index (χ4v) is 1.99. The van der Waals surface area contributed by atoms with Gasteiger partial charge in [0, 0.05) is 31.4 Å². The SMILES string of the molecule is CN(C)C=C(C(=O)c1ccc(F)cc1)C(=O)c1ccc(F)cc1. The van der Waals surface area contributed by atoms with Crippen LogP contribution in [0.1, 0.15) is 20.7 Å². The Morgan fingerprint density at radius 1 is 0.783 bits per heavy atom. The van der Waals surface area contributed by atoms with Gasteiger partial charge in [0.25, 0.3) is 0 Å². The Hall–Kier alpha value is -2.82. The summed E-state index contributed by atoms with van der Waals surface area (Å²) in [6.07, 6.45) is 1.40. The molecular formula is C18H15F2NO2. The zero-order valence-corrected chi connectivity index (χ0v) is 12.7. The molecule has 2 rings (SSSR count). The van der Waals surface area contributed by atoms with Crippen LogP contribution in [-0.2, 0) is 0 Å². The average molecular weight is 315 g/mol. The van der Waals surface area contributed by atoms with Crippen molar-refractivity contribution >= 4 is 11.6 Å². The molecule has 0 amide bonds. The van der Waals surface area contributed by atoms with Crippen LogP contribution in [0.5, 0.6) is 0 Å². The Kier molecular flexibility index (Phi) is 5.01. The van der Waals surface area contributed by atoms with E-state index in [0.29, 0.717) is 0 Å². The molecule has 0 unspecified atom stereocenters. The normalized spacial score (nSPS) is 10.1. The lowest BCUT2D eigenvalue weighted by Gasteiger charge is -2.11. The maximum absolute atomic E-state index is 13.0. The van der Waals surface area contributed by atoms with Crippen molar-refractivity contribution in [3.05, 3.63) is 83.1 Å². The second-order valence-electron chi connectivity index (χ2n) is 5.18. The molecular weight excluding hydrogens is 300 g/mol. The van der Waals surface area contributed by atoms with Crippen molar-refractivity contribution < 1.29 is 18.4 Å². The first-order valence-corrected chi connectivity index (χ1v) is 6.87. The number of hydrogen-bond donors (Lipinski definition) is 0. The minimum absolute atomic E-state index is 0.0757. The largest absolute Gasteiger partial charge is 0.383 e. The van der Waals surface area contributed by atoms with E-state index in [4.69, 9.17) is 0 Å². The van der Waals surface area contributed by atoms with Crippen molar-refractivity contribution in [2.45, 2.75) is 0 Å². The molecule has 0 saturated carbocycles. The summed E-state index contributed by atoms with van der Waals surface area (Å²) in [6.45, 7) is 0. The number of hydrogen-bond acceptors (Lipinski definition) is 3. The summed E-state index contributed by atoms with van der Waals surface area (Å²) >= 11 is 0. The highest BCUT2D eigenvalue weighted by Gasteiger charge is 2.21. The lowest BCUT2D eigenvalue weighted by atomic mass is 9.96. The Labute approximate surface area is 132 Å². The minimum atomic E-state index is -0.520. The Morgan fingerprint density at radius 2 is 1.13 bits per heavy atom. The summed E-state index contributed by atoms with van der Waals surface area (Å²) in [4.78, 5) is 26.7. The summed E-state index contributed by atoms with van der Waals surface area (Å²) in [5, 5.41) is 0. The molecule has 0 bridgehead atoms. The van der Waals surface area contributed by atoms with Gasteiger partial charge in [0.1, 0.15) is 11.6 Å². The van der Waals surface area contributed by atoms with E-state index in [-0.39, 0.29) is 16.7 Å². The van der Waals surface area contributed by atoms with E-state index in [1.165, 1.54) is 30.5 Å². The molecule has 0 radical (unpaired) electrons. The van der Waals surface area contributed by atoms with Crippen LogP contribution in [0.3, 0.4) is 0 Å². The molecule has 0 aliphatic rings. The fraction of sp³-hybridized carbons (Fsp3) is 0.111. The number of carbonyl (C=O) groups excluding carboxylic acids is 2. The predicted octanol–water partition coefficient (Wildman–Crippen LogP) is 3.48. The quantitative estimate of drug-likeness (QED) is 0.367. The Morgan fingerprint density at radius 3 is 1.43 bits per heavy atom. The van der Waals surface area contributed by atoms with Gasteiger partial charge in [0.2, 0.25) is 0 Å². The summed E-state index contributed by atoms with van der Waals surface area (Å²) in [5.74, 6) is -1.98. The second-order valence-corrected chi connectivity index (χ2v) is 5.18. The van der Waals surface area contributed by atoms with Gasteiger partial charge in [-0.1, -0.05) is 0 Å². The lowest BCUT2D eigenvalue weighted by Crippen LogP contribution is -2.17. The predicted molar refractivity (Wildman–Crippen MR) is 83.2 cm³/mol. The highest BCUT2D eigenvalue weighted by molar-refractivity contribution is 6.30. The molecule has 5 heteroatoms. The molecule has 0 heterocycles. The van der Waals surface area contributed by atoms with E-state index in [2.05, 4.69) is 0 Å². The molecule has 0 saturated heterocycles. The van der Waals surface area contributed by atoms with Gasteiger partial charge in [0.15, 0.2) is 11.6 Å². The van der Waals surface area contributed by atoms with Crippen LogP contribution in [0.2, 0.25) is 0 Å². The minimum Gasteiger partial charge on any atom is -0.383 e.